The Kier molecular flexibility index (Phi) is 5.40. The highest BCUT2D eigenvalue weighted by Crippen LogP contribution is 2.21. The summed E-state index contributed by atoms with van der Waals surface area (Å²) in [6.45, 7) is 4.66. The van der Waals surface area contributed by atoms with Gasteiger partial charge >= 0.3 is 0 Å². The summed E-state index contributed by atoms with van der Waals surface area (Å²) in [4.78, 5) is 14.1. The predicted octanol–water partition coefficient (Wildman–Crippen LogP) is 1.56. The van der Waals surface area contributed by atoms with Crippen LogP contribution < -0.4 is 0 Å². The monoisotopic (exact) mass is 243 g/mol. The molecule has 1 amide bonds. The van der Waals surface area contributed by atoms with Crippen molar-refractivity contribution in [3.8, 4) is 0 Å². The summed E-state index contributed by atoms with van der Waals surface area (Å²) >= 11 is 0. The number of methoxy groups -OCH3 is 1. The van der Waals surface area contributed by atoms with Gasteiger partial charge in [-0.05, 0) is 26.7 Å². The summed E-state index contributed by atoms with van der Waals surface area (Å²) in [6, 6.07) is -0.00217. The first-order valence-corrected chi connectivity index (χ1v) is 6.45. The van der Waals surface area contributed by atoms with E-state index in [9.17, 15) is 9.90 Å². The van der Waals surface area contributed by atoms with Crippen molar-refractivity contribution >= 4 is 5.91 Å². The van der Waals surface area contributed by atoms with Gasteiger partial charge in [-0.25, -0.2) is 0 Å². The smallest absolute Gasteiger partial charge is 0.225 e. The third-order valence-electron chi connectivity index (χ3n) is 3.54. The lowest BCUT2D eigenvalue weighted by atomic mass is 10.0. The SMILES string of the molecule is COC(C)(C)CC(=O)N1CCCCCC1CO. The maximum Gasteiger partial charge on any atom is 0.225 e. The van der Waals surface area contributed by atoms with E-state index in [-0.39, 0.29) is 18.6 Å². The van der Waals surface area contributed by atoms with E-state index in [1.54, 1.807) is 7.11 Å². The molecule has 100 valence electrons. The number of nitrogens with zero attached hydrogens (tertiary/aromatic N) is 1. The maximum absolute atomic E-state index is 12.2. The molecule has 17 heavy (non-hydrogen) atoms. The van der Waals surface area contributed by atoms with Crippen LogP contribution in [0.3, 0.4) is 0 Å². The number of rotatable bonds is 4. The third-order valence-corrected chi connectivity index (χ3v) is 3.54. The van der Waals surface area contributed by atoms with E-state index >= 15 is 0 Å². The van der Waals surface area contributed by atoms with Crippen LogP contribution in [-0.4, -0.2) is 47.8 Å². The molecule has 4 nitrogen and oxygen atoms in total. The van der Waals surface area contributed by atoms with Crippen molar-refractivity contribution in [1.82, 2.24) is 4.90 Å². The van der Waals surface area contributed by atoms with E-state index in [4.69, 9.17) is 4.74 Å². The van der Waals surface area contributed by atoms with E-state index in [0.29, 0.717) is 6.42 Å². The Bertz CT molecular complexity index is 253. The second kappa shape index (κ2) is 6.36. The summed E-state index contributed by atoms with van der Waals surface area (Å²) in [7, 11) is 1.62. The maximum atomic E-state index is 12.2. The fraction of sp³-hybridized carbons (Fsp3) is 0.923. The van der Waals surface area contributed by atoms with Crippen molar-refractivity contribution in [3.05, 3.63) is 0 Å². The number of aliphatic hydroxyl groups is 1. The van der Waals surface area contributed by atoms with Crippen LogP contribution in [0.4, 0.5) is 0 Å². The molecule has 0 aromatic carbocycles. The van der Waals surface area contributed by atoms with Crippen molar-refractivity contribution in [1.29, 1.82) is 0 Å². The van der Waals surface area contributed by atoms with E-state index < -0.39 is 5.60 Å². The molecule has 1 saturated heterocycles. The van der Waals surface area contributed by atoms with Gasteiger partial charge in [0.1, 0.15) is 0 Å². The van der Waals surface area contributed by atoms with Gasteiger partial charge < -0.3 is 14.7 Å². The van der Waals surface area contributed by atoms with Gasteiger partial charge in [-0.15, -0.1) is 0 Å². The second-order valence-electron chi connectivity index (χ2n) is 5.41. The van der Waals surface area contributed by atoms with E-state index in [2.05, 4.69) is 0 Å². The van der Waals surface area contributed by atoms with E-state index in [1.807, 2.05) is 18.7 Å². The van der Waals surface area contributed by atoms with Crippen LogP contribution in [0.15, 0.2) is 0 Å². The molecule has 1 N–H and O–H groups in total. The zero-order chi connectivity index (χ0) is 12.9. The minimum Gasteiger partial charge on any atom is -0.394 e. The molecule has 0 aromatic rings. The molecule has 0 bridgehead atoms. The largest absolute Gasteiger partial charge is 0.394 e. The molecule has 0 saturated carbocycles. The van der Waals surface area contributed by atoms with Crippen LogP contribution in [0.2, 0.25) is 0 Å². The van der Waals surface area contributed by atoms with Crippen molar-refractivity contribution < 1.29 is 14.6 Å². The first-order chi connectivity index (χ1) is 8.00. The molecular weight excluding hydrogens is 218 g/mol. The molecule has 1 fully saturated rings. The summed E-state index contributed by atoms with van der Waals surface area (Å²) in [5.41, 5.74) is -0.427. The zero-order valence-electron chi connectivity index (χ0n) is 11.2. The van der Waals surface area contributed by atoms with Gasteiger partial charge in [0.2, 0.25) is 5.91 Å². The molecule has 1 aliphatic heterocycles. The third kappa shape index (κ3) is 4.28. The Morgan fingerprint density at radius 3 is 2.71 bits per heavy atom. The molecule has 1 rings (SSSR count). The lowest BCUT2D eigenvalue weighted by Gasteiger charge is -2.32. The normalized spacial score (nSPS) is 22.4. The minimum absolute atomic E-state index is 0.00217. The molecule has 0 aliphatic carbocycles. The van der Waals surface area contributed by atoms with Gasteiger partial charge in [0.15, 0.2) is 0 Å². The fourth-order valence-electron chi connectivity index (χ4n) is 2.23. The second-order valence-corrected chi connectivity index (χ2v) is 5.41. The van der Waals surface area contributed by atoms with Crippen LogP contribution in [0, 0.1) is 0 Å². The van der Waals surface area contributed by atoms with Gasteiger partial charge in [0, 0.05) is 13.7 Å². The number of hydrogen-bond donors (Lipinski definition) is 1. The van der Waals surface area contributed by atoms with Gasteiger partial charge in [-0.1, -0.05) is 12.8 Å². The Morgan fingerprint density at radius 1 is 1.41 bits per heavy atom. The zero-order valence-corrected chi connectivity index (χ0v) is 11.2. The van der Waals surface area contributed by atoms with Crippen LogP contribution in [-0.2, 0) is 9.53 Å². The summed E-state index contributed by atoms with van der Waals surface area (Å²) in [6.07, 6.45) is 4.57. The fourth-order valence-corrected chi connectivity index (χ4v) is 2.23. The van der Waals surface area contributed by atoms with E-state index in [1.165, 1.54) is 0 Å². The number of hydrogen-bond acceptors (Lipinski definition) is 3. The Balaban J connectivity index is 2.64. The van der Waals surface area contributed by atoms with E-state index in [0.717, 1.165) is 32.2 Å². The van der Waals surface area contributed by atoms with Crippen molar-refractivity contribution in [3.63, 3.8) is 0 Å². The topological polar surface area (TPSA) is 49.8 Å². The van der Waals surface area contributed by atoms with Gasteiger partial charge in [-0.3, -0.25) is 4.79 Å². The molecule has 1 atom stereocenters. The Hall–Kier alpha value is -0.610. The quantitative estimate of drug-likeness (QED) is 0.815. The van der Waals surface area contributed by atoms with Crippen LogP contribution in [0.1, 0.15) is 46.0 Å². The lowest BCUT2D eigenvalue weighted by molar-refractivity contribution is -0.139. The molecule has 0 aromatic heterocycles. The number of ether oxygens (including phenoxy) is 1. The lowest BCUT2D eigenvalue weighted by Crippen LogP contribution is -2.44. The summed E-state index contributed by atoms with van der Waals surface area (Å²) in [5.74, 6) is 0.0952. The number of carbonyl (C=O) groups is 1. The van der Waals surface area contributed by atoms with Crippen molar-refractivity contribution in [2.24, 2.45) is 0 Å². The Morgan fingerprint density at radius 2 is 2.12 bits per heavy atom. The molecular formula is C13H25NO3. The minimum atomic E-state index is -0.427. The van der Waals surface area contributed by atoms with Crippen molar-refractivity contribution in [2.45, 2.75) is 57.6 Å². The summed E-state index contributed by atoms with van der Waals surface area (Å²) < 4.78 is 5.29. The Labute approximate surface area is 104 Å². The molecule has 1 unspecified atom stereocenters. The molecule has 0 radical (unpaired) electrons. The van der Waals surface area contributed by atoms with Crippen molar-refractivity contribution in [2.75, 3.05) is 20.3 Å². The van der Waals surface area contributed by atoms with Gasteiger partial charge in [0.05, 0.1) is 24.7 Å². The highest BCUT2D eigenvalue weighted by molar-refractivity contribution is 5.77. The molecule has 0 spiro atoms. The first kappa shape index (κ1) is 14.5. The summed E-state index contributed by atoms with van der Waals surface area (Å²) in [5, 5.41) is 9.37. The number of amides is 1. The van der Waals surface area contributed by atoms with Crippen LogP contribution >= 0.6 is 0 Å². The van der Waals surface area contributed by atoms with Crippen LogP contribution in [0.5, 0.6) is 0 Å². The number of carbonyl (C=O) groups excluding carboxylic acids is 1. The molecule has 1 heterocycles. The molecule has 1 aliphatic rings. The average molecular weight is 243 g/mol. The number of likely N-dealkylation sites (tertiary alicyclic amines) is 1. The van der Waals surface area contributed by atoms with Crippen LogP contribution in [0.25, 0.3) is 0 Å². The number of aliphatic hydroxyl groups excluding tert-OH is 1. The highest BCUT2D eigenvalue weighted by atomic mass is 16.5. The van der Waals surface area contributed by atoms with Gasteiger partial charge in [-0.2, -0.15) is 0 Å². The van der Waals surface area contributed by atoms with Gasteiger partial charge in [0.25, 0.3) is 0 Å². The average Bonchev–Trinajstić information content (AvgIpc) is 2.53. The standard InChI is InChI=1S/C13H25NO3/c1-13(2,17-3)9-12(16)14-8-6-4-5-7-11(14)10-15/h11,15H,4-10H2,1-3H3. The highest BCUT2D eigenvalue weighted by Gasteiger charge is 2.29. The molecule has 4 heteroatoms. The first-order valence-electron chi connectivity index (χ1n) is 6.45. The predicted molar refractivity (Wildman–Crippen MR) is 66.8 cm³/mol.